The number of rotatable bonds is 5. The third-order valence-electron chi connectivity index (χ3n) is 3.93. The average molecular weight is 296 g/mol. The van der Waals surface area contributed by atoms with E-state index in [0.29, 0.717) is 0 Å². The highest BCUT2D eigenvalue weighted by molar-refractivity contribution is 5.72. The molecular formula is C21H28O. The van der Waals surface area contributed by atoms with Crippen molar-refractivity contribution >= 4 is 0 Å². The summed E-state index contributed by atoms with van der Waals surface area (Å²) in [4.78, 5) is 0. The fourth-order valence-electron chi connectivity index (χ4n) is 2.47. The molecule has 0 aliphatic carbocycles. The monoisotopic (exact) mass is 296 g/mol. The first-order valence-electron chi connectivity index (χ1n) is 8.26. The number of hydrogen-bond acceptors (Lipinski definition) is 1. The first-order chi connectivity index (χ1) is 10.4. The molecule has 0 heterocycles. The number of benzene rings is 2. The Hall–Kier alpha value is -1.76. The van der Waals surface area contributed by atoms with Crippen LogP contribution in [-0.2, 0) is 5.41 Å². The van der Waals surface area contributed by atoms with Crippen LogP contribution >= 0.6 is 0 Å². The molecule has 0 aliphatic rings. The minimum Gasteiger partial charge on any atom is -0.493 e. The van der Waals surface area contributed by atoms with Crippen molar-refractivity contribution in [3.63, 3.8) is 0 Å². The van der Waals surface area contributed by atoms with E-state index in [-0.39, 0.29) is 5.41 Å². The van der Waals surface area contributed by atoms with Gasteiger partial charge < -0.3 is 4.74 Å². The van der Waals surface area contributed by atoms with Gasteiger partial charge >= 0.3 is 0 Å². The zero-order valence-corrected chi connectivity index (χ0v) is 14.6. The number of unbranched alkanes of at least 4 members (excludes halogenated alkanes) is 1. The Morgan fingerprint density at radius 2 is 1.77 bits per heavy atom. The van der Waals surface area contributed by atoms with Crippen LogP contribution in [0.15, 0.2) is 42.5 Å². The Bertz CT molecular complexity index is 620. The Labute approximate surface area is 135 Å². The molecule has 0 aliphatic heterocycles. The van der Waals surface area contributed by atoms with Gasteiger partial charge in [-0.2, -0.15) is 0 Å². The van der Waals surface area contributed by atoms with E-state index in [0.717, 1.165) is 25.2 Å². The summed E-state index contributed by atoms with van der Waals surface area (Å²) in [6.07, 6.45) is 2.25. The third-order valence-corrected chi connectivity index (χ3v) is 3.93. The molecule has 2 aromatic carbocycles. The smallest absolute Gasteiger partial charge is 0.127 e. The molecule has 0 spiro atoms. The van der Waals surface area contributed by atoms with Crippen LogP contribution < -0.4 is 4.74 Å². The third kappa shape index (κ3) is 4.13. The lowest BCUT2D eigenvalue weighted by Crippen LogP contribution is -2.10. The molecule has 0 saturated carbocycles. The largest absolute Gasteiger partial charge is 0.493 e. The second-order valence-corrected chi connectivity index (χ2v) is 7.03. The van der Waals surface area contributed by atoms with Gasteiger partial charge in [0.05, 0.1) is 6.61 Å². The van der Waals surface area contributed by atoms with Gasteiger partial charge in [-0.15, -0.1) is 0 Å². The molecule has 0 fully saturated rings. The standard InChI is InChI=1S/C21H28O/c1-6-7-13-22-20-12-11-16(2)14-19(20)17-9-8-10-18(15-17)21(3,4)5/h8-12,14-15H,6-7,13H2,1-5H3. The van der Waals surface area contributed by atoms with E-state index in [4.69, 9.17) is 4.74 Å². The maximum Gasteiger partial charge on any atom is 0.127 e. The first kappa shape index (κ1) is 16.6. The van der Waals surface area contributed by atoms with E-state index in [9.17, 15) is 0 Å². The van der Waals surface area contributed by atoms with Gasteiger partial charge in [0.15, 0.2) is 0 Å². The van der Waals surface area contributed by atoms with Crippen LogP contribution in [0.25, 0.3) is 11.1 Å². The first-order valence-corrected chi connectivity index (χ1v) is 8.26. The molecule has 22 heavy (non-hydrogen) atoms. The van der Waals surface area contributed by atoms with Crippen molar-refractivity contribution in [1.29, 1.82) is 0 Å². The molecule has 1 heteroatoms. The quantitative estimate of drug-likeness (QED) is 0.602. The molecule has 2 rings (SSSR count). The van der Waals surface area contributed by atoms with Crippen molar-refractivity contribution in [3.05, 3.63) is 53.6 Å². The Balaban J connectivity index is 2.40. The highest BCUT2D eigenvalue weighted by atomic mass is 16.5. The summed E-state index contributed by atoms with van der Waals surface area (Å²) in [5, 5.41) is 0. The van der Waals surface area contributed by atoms with Gasteiger partial charge in [0, 0.05) is 5.56 Å². The normalized spacial score (nSPS) is 11.5. The lowest BCUT2D eigenvalue weighted by atomic mass is 9.85. The van der Waals surface area contributed by atoms with Crippen molar-refractivity contribution in [3.8, 4) is 16.9 Å². The highest BCUT2D eigenvalue weighted by Crippen LogP contribution is 2.34. The van der Waals surface area contributed by atoms with Crippen LogP contribution in [0, 0.1) is 6.92 Å². The molecule has 0 unspecified atom stereocenters. The predicted molar refractivity (Wildman–Crippen MR) is 95.7 cm³/mol. The van der Waals surface area contributed by atoms with Gasteiger partial charge in [0.1, 0.15) is 5.75 Å². The summed E-state index contributed by atoms with van der Waals surface area (Å²) in [7, 11) is 0. The number of aryl methyl sites for hydroxylation is 1. The molecule has 2 aromatic rings. The summed E-state index contributed by atoms with van der Waals surface area (Å²) in [6, 6.07) is 15.3. The average Bonchev–Trinajstić information content (AvgIpc) is 2.48. The highest BCUT2D eigenvalue weighted by Gasteiger charge is 2.15. The fourth-order valence-corrected chi connectivity index (χ4v) is 2.47. The topological polar surface area (TPSA) is 9.23 Å². The molecule has 1 nitrogen and oxygen atoms in total. The Kier molecular flexibility index (Phi) is 5.28. The molecule has 118 valence electrons. The van der Waals surface area contributed by atoms with Crippen molar-refractivity contribution in [2.24, 2.45) is 0 Å². The molecule has 0 aromatic heterocycles. The van der Waals surface area contributed by atoms with Gasteiger partial charge in [0.2, 0.25) is 0 Å². The second kappa shape index (κ2) is 7.00. The van der Waals surface area contributed by atoms with Gasteiger partial charge in [-0.3, -0.25) is 0 Å². The van der Waals surface area contributed by atoms with E-state index >= 15 is 0 Å². The summed E-state index contributed by atoms with van der Waals surface area (Å²) < 4.78 is 6.01. The predicted octanol–water partition coefficient (Wildman–Crippen LogP) is 6.14. The minimum absolute atomic E-state index is 0.156. The SMILES string of the molecule is CCCCOc1ccc(C)cc1-c1cccc(C(C)(C)C)c1. The van der Waals surface area contributed by atoms with E-state index < -0.39 is 0 Å². The molecular weight excluding hydrogens is 268 g/mol. The van der Waals surface area contributed by atoms with Gasteiger partial charge in [-0.25, -0.2) is 0 Å². The van der Waals surface area contributed by atoms with Crippen LogP contribution in [0.4, 0.5) is 0 Å². The zero-order chi connectivity index (χ0) is 16.2. The lowest BCUT2D eigenvalue weighted by Gasteiger charge is -2.20. The Morgan fingerprint density at radius 3 is 2.45 bits per heavy atom. The van der Waals surface area contributed by atoms with Gasteiger partial charge in [-0.1, -0.05) is 70.0 Å². The molecule has 0 atom stereocenters. The van der Waals surface area contributed by atoms with Crippen LogP contribution in [0.2, 0.25) is 0 Å². The lowest BCUT2D eigenvalue weighted by molar-refractivity contribution is 0.310. The van der Waals surface area contributed by atoms with Crippen LogP contribution in [0.1, 0.15) is 51.7 Å². The zero-order valence-electron chi connectivity index (χ0n) is 14.6. The van der Waals surface area contributed by atoms with E-state index in [2.05, 4.69) is 77.1 Å². The molecule has 0 bridgehead atoms. The maximum atomic E-state index is 6.01. The van der Waals surface area contributed by atoms with E-state index in [1.54, 1.807) is 0 Å². The number of hydrogen-bond donors (Lipinski definition) is 0. The summed E-state index contributed by atoms with van der Waals surface area (Å²) in [6.45, 7) is 11.9. The second-order valence-electron chi connectivity index (χ2n) is 7.03. The maximum absolute atomic E-state index is 6.01. The summed E-state index contributed by atoms with van der Waals surface area (Å²) >= 11 is 0. The molecule has 0 radical (unpaired) electrons. The van der Waals surface area contributed by atoms with Crippen molar-refractivity contribution in [2.75, 3.05) is 6.61 Å². The van der Waals surface area contributed by atoms with Crippen molar-refractivity contribution in [2.45, 2.75) is 52.9 Å². The summed E-state index contributed by atoms with van der Waals surface area (Å²) in [5.74, 6) is 0.991. The minimum atomic E-state index is 0.156. The van der Waals surface area contributed by atoms with Crippen LogP contribution in [0.5, 0.6) is 5.75 Å². The van der Waals surface area contributed by atoms with E-state index in [1.807, 2.05) is 0 Å². The molecule has 0 saturated heterocycles. The van der Waals surface area contributed by atoms with Gasteiger partial charge in [0.25, 0.3) is 0 Å². The van der Waals surface area contributed by atoms with Crippen molar-refractivity contribution < 1.29 is 4.74 Å². The van der Waals surface area contributed by atoms with Crippen LogP contribution in [0.3, 0.4) is 0 Å². The number of ether oxygens (including phenoxy) is 1. The Morgan fingerprint density at radius 1 is 1.00 bits per heavy atom. The molecule has 0 amide bonds. The van der Waals surface area contributed by atoms with E-state index in [1.165, 1.54) is 22.3 Å². The molecule has 0 N–H and O–H groups in total. The van der Waals surface area contributed by atoms with Crippen LogP contribution in [-0.4, -0.2) is 6.61 Å². The van der Waals surface area contributed by atoms with Gasteiger partial charge in [-0.05, 0) is 42.0 Å². The summed E-state index contributed by atoms with van der Waals surface area (Å²) in [5.41, 5.74) is 5.21. The van der Waals surface area contributed by atoms with Crippen molar-refractivity contribution in [1.82, 2.24) is 0 Å². The fraction of sp³-hybridized carbons (Fsp3) is 0.429.